The summed E-state index contributed by atoms with van der Waals surface area (Å²) in [6.45, 7) is 0.327. The van der Waals surface area contributed by atoms with Crippen LogP contribution in [0.5, 0.6) is 0 Å². The third kappa shape index (κ3) is 5.56. The summed E-state index contributed by atoms with van der Waals surface area (Å²) in [7, 11) is 0. The summed E-state index contributed by atoms with van der Waals surface area (Å²) < 4.78 is 0. The molecule has 0 spiro atoms. The molecular weight excluding hydrogens is 336 g/mol. The molecular formula is C19H30N2O5. The van der Waals surface area contributed by atoms with Crippen molar-refractivity contribution >= 4 is 17.9 Å². The maximum atomic E-state index is 12.7. The lowest BCUT2D eigenvalue weighted by Crippen LogP contribution is -2.44. The average Bonchev–Trinajstić information content (AvgIpc) is 2.90. The molecule has 2 fully saturated rings. The van der Waals surface area contributed by atoms with Gasteiger partial charge in [-0.15, -0.1) is 0 Å². The normalized spacial score (nSPS) is 20.3. The van der Waals surface area contributed by atoms with Gasteiger partial charge in [0.2, 0.25) is 0 Å². The van der Waals surface area contributed by atoms with Gasteiger partial charge in [0.15, 0.2) is 0 Å². The Morgan fingerprint density at radius 2 is 1.92 bits per heavy atom. The zero-order chi connectivity index (χ0) is 18.9. The molecule has 1 unspecified atom stereocenters. The summed E-state index contributed by atoms with van der Waals surface area (Å²) in [5.41, 5.74) is 0. The van der Waals surface area contributed by atoms with Crippen LogP contribution < -0.4 is 0 Å². The number of carbonyl (C=O) groups excluding carboxylic acids is 2. The number of carbonyl (C=O) groups is 3. The summed E-state index contributed by atoms with van der Waals surface area (Å²) in [5, 5.41) is 18.0. The van der Waals surface area contributed by atoms with Crippen molar-refractivity contribution in [3.63, 3.8) is 0 Å². The van der Waals surface area contributed by atoms with Gasteiger partial charge in [0.1, 0.15) is 6.54 Å². The van der Waals surface area contributed by atoms with Crippen molar-refractivity contribution < 1.29 is 24.6 Å². The topological polar surface area (TPSA) is 98.2 Å². The molecule has 7 heteroatoms. The van der Waals surface area contributed by atoms with Gasteiger partial charge in [-0.25, -0.2) is 4.79 Å². The molecule has 1 saturated heterocycles. The lowest BCUT2D eigenvalue weighted by molar-refractivity contribution is -0.137. The van der Waals surface area contributed by atoms with E-state index in [1.54, 1.807) is 11.0 Å². The Hall–Kier alpha value is -1.89. The Bertz CT molecular complexity index is 528. The van der Waals surface area contributed by atoms with Crippen molar-refractivity contribution in [1.82, 2.24) is 9.80 Å². The lowest BCUT2D eigenvalue weighted by Gasteiger charge is -2.35. The van der Waals surface area contributed by atoms with Gasteiger partial charge in [0.05, 0.1) is 0 Å². The van der Waals surface area contributed by atoms with Crippen LogP contribution in [0.4, 0.5) is 4.79 Å². The fraction of sp³-hybridized carbons (Fsp3) is 0.737. The largest absolute Gasteiger partial charge is 0.481 e. The van der Waals surface area contributed by atoms with Gasteiger partial charge in [-0.05, 0) is 38.0 Å². The molecule has 146 valence electrons. The minimum Gasteiger partial charge on any atom is -0.481 e. The van der Waals surface area contributed by atoms with Gasteiger partial charge in [0, 0.05) is 25.6 Å². The van der Waals surface area contributed by atoms with Crippen LogP contribution in [0.2, 0.25) is 0 Å². The first kappa shape index (κ1) is 20.4. The number of aliphatic hydroxyl groups is 1. The highest BCUT2D eigenvalue weighted by atomic mass is 16.4. The number of nitrogens with zero attached hydrogens (tertiary/aromatic N) is 2. The highest BCUT2D eigenvalue weighted by Gasteiger charge is 2.41. The van der Waals surface area contributed by atoms with E-state index < -0.39 is 5.97 Å². The Kier molecular flexibility index (Phi) is 8.09. The van der Waals surface area contributed by atoms with Crippen LogP contribution in [0, 0.1) is 5.92 Å². The maximum Gasteiger partial charge on any atom is 0.327 e. The van der Waals surface area contributed by atoms with Crippen LogP contribution in [-0.4, -0.2) is 63.7 Å². The Morgan fingerprint density at radius 3 is 2.58 bits per heavy atom. The number of allylic oxidation sites excluding steroid dienone is 1. The van der Waals surface area contributed by atoms with E-state index in [2.05, 4.69) is 0 Å². The van der Waals surface area contributed by atoms with Crippen LogP contribution in [-0.2, 0) is 9.59 Å². The number of aliphatic hydroxyl groups excluding tert-OH is 1. The average molecular weight is 366 g/mol. The van der Waals surface area contributed by atoms with Crippen molar-refractivity contribution in [1.29, 1.82) is 0 Å². The molecule has 1 aliphatic heterocycles. The second-order valence-electron chi connectivity index (χ2n) is 7.15. The van der Waals surface area contributed by atoms with Gasteiger partial charge in [0.25, 0.3) is 5.91 Å². The molecule has 1 aliphatic carbocycles. The molecule has 0 bridgehead atoms. The minimum atomic E-state index is -0.823. The number of carboxylic acids is 1. The van der Waals surface area contributed by atoms with Crippen LogP contribution in [0.1, 0.15) is 57.8 Å². The van der Waals surface area contributed by atoms with Crippen LogP contribution in [0.15, 0.2) is 12.2 Å². The molecule has 2 aliphatic rings. The summed E-state index contributed by atoms with van der Waals surface area (Å²) >= 11 is 0. The zero-order valence-electron chi connectivity index (χ0n) is 15.3. The summed E-state index contributed by atoms with van der Waals surface area (Å²) in [6.07, 6.45) is 11.0. The number of urea groups is 1. The molecule has 1 atom stereocenters. The predicted octanol–water partition coefficient (Wildman–Crippen LogP) is 2.39. The molecule has 7 nitrogen and oxygen atoms in total. The first-order valence-electron chi connectivity index (χ1n) is 9.63. The highest BCUT2D eigenvalue weighted by molar-refractivity contribution is 6.02. The molecule has 2 N–H and O–H groups in total. The van der Waals surface area contributed by atoms with E-state index in [0.717, 1.165) is 25.7 Å². The van der Waals surface area contributed by atoms with Gasteiger partial charge < -0.3 is 15.1 Å². The second-order valence-corrected chi connectivity index (χ2v) is 7.15. The minimum absolute atomic E-state index is 0.0165. The molecule has 0 aromatic rings. The highest BCUT2D eigenvalue weighted by Crippen LogP contribution is 2.32. The number of amides is 3. The quantitative estimate of drug-likeness (QED) is 0.351. The van der Waals surface area contributed by atoms with E-state index in [1.807, 2.05) is 6.08 Å². The predicted molar refractivity (Wildman–Crippen MR) is 96.5 cm³/mol. The Balaban J connectivity index is 1.90. The number of imide groups is 1. The third-order valence-corrected chi connectivity index (χ3v) is 5.32. The van der Waals surface area contributed by atoms with E-state index in [-0.39, 0.29) is 44.1 Å². The fourth-order valence-electron chi connectivity index (χ4n) is 3.97. The number of hydrogen-bond donors (Lipinski definition) is 2. The van der Waals surface area contributed by atoms with Gasteiger partial charge >= 0.3 is 12.0 Å². The number of carboxylic acid groups (broad SMARTS) is 1. The van der Waals surface area contributed by atoms with Crippen molar-refractivity contribution in [3.05, 3.63) is 12.2 Å². The SMILES string of the molecule is O=C(O)CCC/C=C\CN1C(=O)CN(C(CCO)C2CCCCC2)C1=O. The Morgan fingerprint density at radius 1 is 1.19 bits per heavy atom. The van der Waals surface area contributed by atoms with E-state index in [4.69, 9.17) is 5.11 Å². The lowest BCUT2D eigenvalue weighted by atomic mass is 9.82. The standard InChI is InChI=1S/C19H30N2O5/c22-13-11-16(15-8-4-3-5-9-15)21-14-17(23)20(19(21)26)12-7-2-1-6-10-18(24)25/h2,7,15-16,22H,1,3-6,8-14H2,(H,24,25)/b7-2-. The van der Waals surface area contributed by atoms with Crippen molar-refractivity contribution in [2.24, 2.45) is 5.92 Å². The molecule has 0 aromatic carbocycles. The van der Waals surface area contributed by atoms with Gasteiger partial charge in [-0.1, -0.05) is 31.4 Å². The fourth-order valence-corrected chi connectivity index (χ4v) is 3.97. The van der Waals surface area contributed by atoms with Gasteiger partial charge in [-0.3, -0.25) is 14.5 Å². The molecule has 2 rings (SSSR count). The van der Waals surface area contributed by atoms with Crippen molar-refractivity contribution in [2.45, 2.75) is 63.8 Å². The van der Waals surface area contributed by atoms with E-state index in [9.17, 15) is 19.5 Å². The Labute approximate surface area is 154 Å². The molecule has 26 heavy (non-hydrogen) atoms. The first-order chi connectivity index (χ1) is 12.5. The zero-order valence-corrected chi connectivity index (χ0v) is 15.3. The van der Waals surface area contributed by atoms with Gasteiger partial charge in [-0.2, -0.15) is 0 Å². The monoisotopic (exact) mass is 366 g/mol. The van der Waals surface area contributed by atoms with Crippen LogP contribution in [0.25, 0.3) is 0 Å². The molecule has 1 heterocycles. The number of rotatable bonds is 10. The smallest absolute Gasteiger partial charge is 0.327 e. The number of aliphatic carboxylic acids is 1. The van der Waals surface area contributed by atoms with Crippen molar-refractivity contribution in [2.75, 3.05) is 19.7 Å². The molecule has 0 radical (unpaired) electrons. The van der Waals surface area contributed by atoms with E-state index in [0.29, 0.717) is 25.2 Å². The van der Waals surface area contributed by atoms with E-state index >= 15 is 0 Å². The first-order valence-corrected chi connectivity index (χ1v) is 9.63. The number of unbranched alkanes of at least 4 members (excludes halogenated alkanes) is 1. The summed E-state index contributed by atoms with van der Waals surface area (Å²) in [5.74, 6) is -0.667. The maximum absolute atomic E-state index is 12.7. The van der Waals surface area contributed by atoms with Crippen LogP contribution >= 0.6 is 0 Å². The molecule has 1 saturated carbocycles. The molecule has 3 amide bonds. The second kappa shape index (κ2) is 10.3. The van der Waals surface area contributed by atoms with Crippen LogP contribution in [0.3, 0.4) is 0 Å². The number of hydrogen-bond acceptors (Lipinski definition) is 4. The molecule has 0 aromatic heterocycles. The van der Waals surface area contributed by atoms with E-state index in [1.165, 1.54) is 11.3 Å². The summed E-state index contributed by atoms with van der Waals surface area (Å²) in [4.78, 5) is 38.4. The van der Waals surface area contributed by atoms with Crippen molar-refractivity contribution in [3.8, 4) is 0 Å². The summed E-state index contributed by atoms with van der Waals surface area (Å²) in [6, 6.07) is -0.337. The third-order valence-electron chi connectivity index (χ3n) is 5.32.